The molecule has 0 aliphatic carbocycles. The molecule has 2 heterocycles. The van der Waals surface area contributed by atoms with Crippen LogP contribution in [0, 0.1) is 0 Å². The summed E-state index contributed by atoms with van der Waals surface area (Å²) in [6, 6.07) is 10.6. The summed E-state index contributed by atoms with van der Waals surface area (Å²) < 4.78 is 0. The summed E-state index contributed by atoms with van der Waals surface area (Å²) in [5, 5.41) is 24.6. The van der Waals surface area contributed by atoms with Crippen LogP contribution in [0.4, 0.5) is 0 Å². The molecule has 122 valence electrons. The molecule has 24 heavy (non-hydrogen) atoms. The van der Waals surface area contributed by atoms with Crippen molar-refractivity contribution >= 4 is 28.8 Å². The fourth-order valence-corrected chi connectivity index (χ4v) is 2.88. The Balaban J connectivity index is 1.85. The molecule has 3 N–H and O–H groups in total. The van der Waals surface area contributed by atoms with Gasteiger partial charge in [-0.3, -0.25) is 4.79 Å². The molecular formula is C16H12ClN3O3S. The van der Waals surface area contributed by atoms with E-state index in [2.05, 4.69) is 15.3 Å². The van der Waals surface area contributed by atoms with E-state index in [1.807, 2.05) is 5.38 Å². The molecule has 0 aliphatic heterocycles. The Morgan fingerprint density at radius 2 is 1.96 bits per heavy atom. The molecule has 0 saturated heterocycles. The van der Waals surface area contributed by atoms with E-state index in [-0.39, 0.29) is 18.1 Å². The van der Waals surface area contributed by atoms with E-state index in [1.54, 1.807) is 36.4 Å². The van der Waals surface area contributed by atoms with Crippen LogP contribution in [0.3, 0.4) is 0 Å². The topological polar surface area (TPSA) is 95.3 Å². The van der Waals surface area contributed by atoms with Gasteiger partial charge < -0.3 is 15.5 Å². The first kappa shape index (κ1) is 16.2. The Labute approximate surface area is 146 Å². The van der Waals surface area contributed by atoms with Gasteiger partial charge in [0.2, 0.25) is 5.75 Å². The number of hydrogen-bond acceptors (Lipinski definition) is 6. The molecule has 0 bridgehead atoms. The quantitative estimate of drug-likeness (QED) is 0.663. The summed E-state index contributed by atoms with van der Waals surface area (Å²) in [5.74, 6) is -1.77. The molecular weight excluding hydrogens is 350 g/mol. The van der Waals surface area contributed by atoms with Gasteiger partial charge in [0.25, 0.3) is 11.8 Å². The highest BCUT2D eigenvalue weighted by molar-refractivity contribution is 7.13. The predicted molar refractivity (Wildman–Crippen MR) is 91.3 cm³/mol. The number of carbonyl (C=O) groups is 1. The van der Waals surface area contributed by atoms with E-state index >= 15 is 0 Å². The minimum absolute atomic E-state index is 0.164. The van der Waals surface area contributed by atoms with Crippen LogP contribution in [0.1, 0.15) is 16.1 Å². The number of rotatable bonds is 4. The molecule has 1 amide bonds. The van der Waals surface area contributed by atoms with Crippen molar-refractivity contribution in [2.45, 2.75) is 6.54 Å². The monoisotopic (exact) mass is 361 g/mol. The Morgan fingerprint density at radius 3 is 2.67 bits per heavy atom. The number of hydrogen-bond donors (Lipinski definition) is 3. The third-order valence-electron chi connectivity index (χ3n) is 3.22. The number of nitrogens with zero attached hydrogens (tertiary/aromatic N) is 2. The van der Waals surface area contributed by atoms with Crippen LogP contribution in [0.25, 0.3) is 10.7 Å². The van der Waals surface area contributed by atoms with Crippen molar-refractivity contribution in [2.24, 2.45) is 0 Å². The lowest BCUT2D eigenvalue weighted by Crippen LogP contribution is -2.24. The number of amides is 1. The highest BCUT2D eigenvalue weighted by atomic mass is 35.5. The van der Waals surface area contributed by atoms with Gasteiger partial charge in [-0.25, -0.2) is 4.98 Å². The largest absolute Gasteiger partial charge is 0.501 e. The normalized spacial score (nSPS) is 10.5. The molecule has 0 saturated carbocycles. The molecule has 0 unspecified atom stereocenters. The van der Waals surface area contributed by atoms with Gasteiger partial charge in [-0.15, -0.1) is 11.3 Å². The smallest absolute Gasteiger partial charge is 0.274 e. The second-order valence-corrected chi connectivity index (χ2v) is 6.17. The molecule has 3 aromatic rings. The van der Waals surface area contributed by atoms with Crippen molar-refractivity contribution in [1.82, 2.24) is 15.3 Å². The third-order valence-corrected chi connectivity index (χ3v) is 4.45. The van der Waals surface area contributed by atoms with Crippen LogP contribution in [0.15, 0.2) is 41.8 Å². The Morgan fingerprint density at radius 1 is 1.17 bits per heavy atom. The van der Waals surface area contributed by atoms with E-state index < -0.39 is 17.5 Å². The van der Waals surface area contributed by atoms with E-state index in [1.165, 1.54) is 11.3 Å². The number of aromatic hydroxyl groups is 2. The zero-order chi connectivity index (χ0) is 17.1. The fraction of sp³-hybridized carbons (Fsp3) is 0.0625. The van der Waals surface area contributed by atoms with Crippen molar-refractivity contribution in [1.29, 1.82) is 0 Å². The van der Waals surface area contributed by atoms with Crippen LogP contribution in [-0.4, -0.2) is 26.1 Å². The number of nitrogens with one attached hydrogen (secondary N) is 1. The summed E-state index contributed by atoms with van der Waals surface area (Å²) in [6.45, 7) is 0.164. The summed E-state index contributed by atoms with van der Waals surface area (Å²) in [6.07, 6.45) is 0. The summed E-state index contributed by atoms with van der Waals surface area (Å²) in [5.41, 5.74) is 0.432. The van der Waals surface area contributed by atoms with Crippen molar-refractivity contribution in [3.63, 3.8) is 0 Å². The summed E-state index contributed by atoms with van der Waals surface area (Å²) >= 11 is 7.39. The average molecular weight is 362 g/mol. The lowest BCUT2D eigenvalue weighted by molar-refractivity contribution is 0.0942. The highest BCUT2D eigenvalue weighted by Crippen LogP contribution is 2.30. The molecule has 8 heteroatoms. The Bertz CT molecular complexity index is 884. The number of thiophene rings is 1. The van der Waals surface area contributed by atoms with Gasteiger partial charge in [-0.1, -0.05) is 35.9 Å². The number of carbonyl (C=O) groups excluding carboxylic acids is 1. The minimum atomic E-state index is -0.660. The maximum Gasteiger partial charge on any atom is 0.274 e. The Kier molecular flexibility index (Phi) is 4.64. The number of halogens is 1. The second-order valence-electron chi connectivity index (χ2n) is 4.82. The van der Waals surface area contributed by atoms with Crippen LogP contribution in [0.5, 0.6) is 11.6 Å². The van der Waals surface area contributed by atoms with Crippen LogP contribution >= 0.6 is 22.9 Å². The molecule has 2 aromatic heterocycles. The van der Waals surface area contributed by atoms with Gasteiger partial charge in [0.15, 0.2) is 11.5 Å². The van der Waals surface area contributed by atoms with Gasteiger partial charge in [0.05, 0.1) is 4.88 Å². The first-order chi connectivity index (χ1) is 11.6. The lowest BCUT2D eigenvalue weighted by atomic mass is 10.2. The van der Waals surface area contributed by atoms with Crippen LogP contribution in [0.2, 0.25) is 5.02 Å². The van der Waals surface area contributed by atoms with Crippen molar-refractivity contribution < 1.29 is 15.0 Å². The van der Waals surface area contributed by atoms with E-state index in [0.717, 1.165) is 5.56 Å². The first-order valence-electron chi connectivity index (χ1n) is 6.91. The van der Waals surface area contributed by atoms with Crippen molar-refractivity contribution in [2.75, 3.05) is 0 Å². The minimum Gasteiger partial charge on any atom is -0.501 e. The molecule has 0 atom stereocenters. The molecule has 0 spiro atoms. The van der Waals surface area contributed by atoms with E-state index in [0.29, 0.717) is 9.90 Å². The van der Waals surface area contributed by atoms with E-state index in [9.17, 15) is 15.0 Å². The Hall–Kier alpha value is -2.64. The summed E-state index contributed by atoms with van der Waals surface area (Å²) in [7, 11) is 0. The van der Waals surface area contributed by atoms with E-state index in [4.69, 9.17) is 11.6 Å². The fourth-order valence-electron chi connectivity index (χ4n) is 2.02. The highest BCUT2D eigenvalue weighted by Gasteiger charge is 2.20. The zero-order valence-electron chi connectivity index (χ0n) is 12.2. The van der Waals surface area contributed by atoms with Gasteiger partial charge in [0, 0.05) is 11.6 Å². The number of benzene rings is 1. The molecule has 3 rings (SSSR count). The second kappa shape index (κ2) is 6.86. The maximum absolute atomic E-state index is 12.3. The third kappa shape index (κ3) is 3.32. The number of aromatic nitrogens is 2. The predicted octanol–water partition coefficient (Wildman–Crippen LogP) is 3.20. The first-order valence-corrected chi connectivity index (χ1v) is 8.17. The molecule has 0 radical (unpaired) electrons. The lowest BCUT2D eigenvalue weighted by Gasteiger charge is -2.09. The summed E-state index contributed by atoms with van der Waals surface area (Å²) in [4.78, 5) is 20.8. The van der Waals surface area contributed by atoms with Crippen molar-refractivity contribution in [3.8, 4) is 22.3 Å². The van der Waals surface area contributed by atoms with Gasteiger partial charge >= 0.3 is 0 Å². The van der Waals surface area contributed by atoms with Gasteiger partial charge in [-0.2, -0.15) is 4.98 Å². The molecule has 6 nitrogen and oxygen atoms in total. The van der Waals surface area contributed by atoms with Crippen LogP contribution < -0.4 is 5.32 Å². The SMILES string of the molecule is O=C(NCc1ccccc1Cl)c1nc(-c2cccs2)nc(O)c1O. The average Bonchev–Trinajstić information content (AvgIpc) is 3.10. The molecule has 0 fully saturated rings. The van der Waals surface area contributed by atoms with Gasteiger partial charge in [0.1, 0.15) is 0 Å². The van der Waals surface area contributed by atoms with Gasteiger partial charge in [-0.05, 0) is 23.1 Å². The molecule has 1 aromatic carbocycles. The molecule has 0 aliphatic rings. The van der Waals surface area contributed by atoms with Crippen molar-refractivity contribution in [3.05, 3.63) is 58.1 Å². The standard InChI is InChI=1S/C16H12ClN3O3S/c17-10-5-2-1-4-9(10)8-18-15(22)12-13(21)16(23)20-14(19-12)11-6-3-7-24-11/h1-7,21H,8H2,(H,18,22)(H,19,20,23). The van der Waals surface area contributed by atoms with Crippen LogP contribution in [-0.2, 0) is 6.54 Å². The zero-order valence-corrected chi connectivity index (χ0v) is 13.8. The maximum atomic E-state index is 12.3.